The summed E-state index contributed by atoms with van der Waals surface area (Å²) < 4.78 is 88.8. The fourth-order valence-electron chi connectivity index (χ4n) is 5.37. The molecule has 3 heterocycles. The first-order chi connectivity index (χ1) is 15.8. The number of pyridine rings is 1. The lowest BCUT2D eigenvalue weighted by molar-refractivity contribution is -0.274. The summed E-state index contributed by atoms with van der Waals surface area (Å²) in [5, 5.41) is 10.0. The van der Waals surface area contributed by atoms with Crippen LogP contribution < -0.4 is 10.5 Å². The monoisotopic (exact) mass is 493 g/mol. The van der Waals surface area contributed by atoms with Crippen LogP contribution in [0.3, 0.4) is 0 Å². The van der Waals surface area contributed by atoms with Gasteiger partial charge in [0.05, 0.1) is 24.4 Å². The normalized spacial score (nSPS) is 28.2. The van der Waals surface area contributed by atoms with Crippen LogP contribution in [-0.2, 0) is 10.3 Å². The molecular weight excluding hydrogens is 472 g/mol. The van der Waals surface area contributed by atoms with Crippen molar-refractivity contribution in [3.05, 3.63) is 24.3 Å². The van der Waals surface area contributed by atoms with E-state index < -0.39 is 41.6 Å². The Bertz CT molecular complexity index is 1080. The van der Waals surface area contributed by atoms with Crippen molar-refractivity contribution in [1.82, 2.24) is 19.4 Å². The standard InChI is InChI=1S/C20H21F6N5O3/c21-19(22,23)14(32)16-29-12(11-5-13(15(27)28-6-11)34-20(24,25)26)7-31(16)18-8-17(9-18,10-18)30-1-3-33-4-2-30/h5-7,14,32H,1-4,8-10H2,(H2,27,28). The van der Waals surface area contributed by atoms with Gasteiger partial charge in [-0.2, -0.15) is 13.2 Å². The van der Waals surface area contributed by atoms with Gasteiger partial charge in [-0.05, 0) is 25.3 Å². The van der Waals surface area contributed by atoms with E-state index in [1.807, 2.05) is 0 Å². The van der Waals surface area contributed by atoms with Gasteiger partial charge in [-0.25, -0.2) is 9.97 Å². The second-order valence-electron chi connectivity index (χ2n) is 9.03. The van der Waals surface area contributed by atoms with Gasteiger partial charge < -0.3 is 24.9 Å². The topological polar surface area (TPSA) is 98.7 Å². The highest BCUT2D eigenvalue weighted by atomic mass is 19.4. The number of imidazole rings is 1. The quantitative estimate of drug-likeness (QED) is 0.618. The minimum absolute atomic E-state index is 0.0303. The first-order valence-corrected chi connectivity index (χ1v) is 10.5. The number of nitrogen functional groups attached to an aromatic ring is 1. The molecule has 4 fully saturated rings. The van der Waals surface area contributed by atoms with Crippen molar-refractivity contribution in [1.29, 1.82) is 0 Å². The Hall–Kier alpha value is -2.58. The Labute approximate surface area is 189 Å². The third-order valence-corrected chi connectivity index (χ3v) is 6.86. The number of nitrogens with two attached hydrogens (primary N) is 1. The van der Waals surface area contributed by atoms with Gasteiger partial charge in [0.25, 0.3) is 0 Å². The van der Waals surface area contributed by atoms with E-state index in [0.29, 0.717) is 32.5 Å². The lowest BCUT2D eigenvalue weighted by atomic mass is 9.43. The van der Waals surface area contributed by atoms with Gasteiger partial charge in [-0.3, -0.25) is 4.90 Å². The zero-order chi connectivity index (χ0) is 24.5. The van der Waals surface area contributed by atoms with Gasteiger partial charge in [-0.15, -0.1) is 13.2 Å². The van der Waals surface area contributed by atoms with E-state index in [-0.39, 0.29) is 16.8 Å². The van der Waals surface area contributed by atoms with E-state index in [4.69, 9.17) is 10.5 Å². The van der Waals surface area contributed by atoms with Crippen LogP contribution in [0.15, 0.2) is 18.5 Å². The van der Waals surface area contributed by atoms with Crippen LogP contribution in [0.25, 0.3) is 11.3 Å². The van der Waals surface area contributed by atoms with Crippen molar-refractivity contribution >= 4 is 5.82 Å². The number of anilines is 1. The maximum absolute atomic E-state index is 13.4. The van der Waals surface area contributed by atoms with E-state index in [9.17, 15) is 31.4 Å². The summed E-state index contributed by atoms with van der Waals surface area (Å²) in [6, 6.07) is 0.906. The molecule has 0 aromatic carbocycles. The number of ether oxygens (including phenoxy) is 2. The SMILES string of the molecule is Nc1ncc(-c2cn(C34CC(N5CCOCC5)(C3)C4)c(C(O)C(F)(F)F)n2)cc1OC(F)(F)F. The summed E-state index contributed by atoms with van der Waals surface area (Å²) >= 11 is 0. The molecule has 2 bridgehead atoms. The first-order valence-electron chi connectivity index (χ1n) is 10.5. The zero-order valence-electron chi connectivity index (χ0n) is 17.7. The molecule has 8 nitrogen and oxygen atoms in total. The number of hydrogen-bond acceptors (Lipinski definition) is 7. The summed E-state index contributed by atoms with van der Waals surface area (Å²) in [5.41, 5.74) is 4.56. The van der Waals surface area contributed by atoms with Crippen LogP contribution in [0.1, 0.15) is 31.2 Å². The third kappa shape index (κ3) is 3.77. The number of aliphatic hydroxyl groups is 1. The highest BCUT2D eigenvalue weighted by molar-refractivity contribution is 5.64. The van der Waals surface area contributed by atoms with Gasteiger partial charge in [0, 0.05) is 36.6 Å². The van der Waals surface area contributed by atoms with Crippen LogP contribution in [0.5, 0.6) is 5.75 Å². The average molecular weight is 493 g/mol. The minimum atomic E-state index is -5.04. The summed E-state index contributed by atoms with van der Waals surface area (Å²) in [6.45, 7) is 2.66. The molecule has 3 aliphatic carbocycles. The van der Waals surface area contributed by atoms with Crippen molar-refractivity contribution < 1.29 is 40.9 Å². The Morgan fingerprint density at radius 2 is 1.74 bits per heavy atom. The highest BCUT2D eigenvalue weighted by Crippen LogP contribution is 2.68. The van der Waals surface area contributed by atoms with Crippen molar-refractivity contribution in [2.75, 3.05) is 32.0 Å². The fraction of sp³-hybridized carbons (Fsp3) is 0.600. The van der Waals surface area contributed by atoms with Gasteiger partial charge in [-0.1, -0.05) is 0 Å². The second-order valence-corrected chi connectivity index (χ2v) is 9.03. The van der Waals surface area contributed by atoms with Gasteiger partial charge in [0.2, 0.25) is 6.10 Å². The summed E-state index contributed by atoms with van der Waals surface area (Å²) in [7, 11) is 0. The molecule has 4 aliphatic rings. The fourth-order valence-corrected chi connectivity index (χ4v) is 5.37. The number of morpholine rings is 1. The van der Waals surface area contributed by atoms with Crippen molar-refractivity contribution in [3.63, 3.8) is 0 Å². The molecule has 3 N–H and O–H groups in total. The summed E-state index contributed by atoms with van der Waals surface area (Å²) in [6.07, 6.45) is -8.73. The molecule has 0 radical (unpaired) electrons. The molecular formula is C20H21F6N5O3. The Balaban J connectivity index is 1.48. The maximum atomic E-state index is 13.4. The smallest absolute Gasteiger partial charge is 0.402 e. The van der Waals surface area contributed by atoms with Gasteiger partial charge >= 0.3 is 12.5 Å². The number of halogens is 6. The van der Waals surface area contributed by atoms with Crippen LogP contribution in [0.4, 0.5) is 32.2 Å². The number of nitrogens with zero attached hydrogens (tertiary/aromatic N) is 4. The molecule has 2 aromatic rings. The van der Waals surface area contributed by atoms with Crippen LogP contribution in [0.2, 0.25) is 0 Å². The molecule has 14 heteroatoms. The van der Waals surface area contributed by atoms with Crippen molar-refractivity contribution in [3.8, 4) is 17.0 Å². The second kappa shape index (κ2) is 7.46. The van der Waals surface area contributed by atoms with E-state index in [0.717, 1.165) is 25.4 Å². The third-order valence-electron chi connectivity index (χ3n) is 6.86. The van der Waals surface area contributed by atoms with E-state index in [1.54, 1.807) is 0 Å². The van der Waals surface area contributed by atoms with E-state index >= 15 is 0 Å². The number of alkyl halides is 6. The van der Waals surface area contributed by atoms with E-state index in [2.05, 4.69) is 19.6 Å². The molecule has 1 atom stereocenters. The molecule has 34 heavy (non-hydrogen) atoms. The Morgan fingerprint density at radius 1 is 1.09 bits per heavy atom. The van der Waals surface area contributed by atoms with Crippen LogP contribution in [0, 0.1) is 0 Å². The van der Waals surface area contributed by atoms with Crippen molar-refractivity contribution in [2.45, 2.75) is 49.0 Å². The number of rotatable bonds is 5. The van der Waals surface area contributed by atoms with Gasteiger partial charge in [0.1, 0.15) is 5.82 Å². The molecule has 1 aliphatic heterocycles. The summed E-state index contributed by atoms with van der Waals surface area (Å²) in [5.74, 6) is -1.95. The number of aliphatic hydroxyl groups excluding tert-OH is 1. The number of aromatic nitrogens is 3. The van der Waals surface area contributed by atoms with Crippen LogP contribution >= 0.6 is 0 Å². The highest BCUT2D eigenvalue weighted by Gasteiger charge is 2.71. The molecule has 6 rings (SSSR count). The predicted octanol–water partition coefficient (Wildman–Crippen LogP) is 2.99. The minimum Gasteiger partial charge on any atom is -0.402 e. The molecule has 186 valence electrons. The lowest BCUT2D eigenvalue weighted by Crippen LogP contribution is -2.79. The largest absolute Gasteiger partial charge is 0.573 e. The lowest BCUT2D eigenvalue weighted by Gasteiger charge is -2.74. The van der Waals surface area contributed by atoms with Crippen molar-refractivity contribution in [2.24, 2.45) is 0 Å². The number of hydrogen-bond donors (Lipinski definition) is 2. The Kier molecular flexibility index (Phi) is 5.08. The molecule has 3 saturated carbocycles. The average Bonchev–Trinajstić information content (AvgIpc) is 3.11. The van der Waals surface area contributed by atoms with Crippen LogP contribution in [-0.4, -0.2) is 68.9 Å². The molecule has 2 aromatic heterocycles. The molecule has 0 amide bonds. The molecule has 1 unspecified atom stereocenters. The summed E-state index contributed by atoms with van der Waals surface area (Å²) in [4.78, 5) is 9.89. The maximum Gasteiger partial charge on any atom is 0.573 e. The predicted molar refractivity (Wildman–Crippen MR) is 105 cm³/mol. The van der Waals surface area contributed by atoms with E-state index in [1.165, 1.54) is 10.8 Å². The molecule has 0 spiro atoms. The zero-order valence-corrected chi connectivity index (χ0v) is 17.7. The van der Waals surface area contributed by atoms with Gasteiger partial charge in [0.15, 0.2) is 11.6 Å². The first kappa shape index (κ1) is 23.2. The Morgan fingerprint density at radius 3 is 2.32 bits per heavy atom. The molecule has 1 saturated heterocycles.